The molecule has 0 saturated heterocycles. The van der Waals surface area contributed by atoms with E-state index in [0.29, 0.717) is 12.2 Å². The summed E-state index contributed by atoms with van der Waals surface area (Å²) < 4.78 is 5.34. The SMILES string of the molecule is CCC(Oc1ccccc1)C(=O)Cl.O=C(Cl)c1cccnc1Cl. The van der Waals surface area contributed by atoms with E-state index in [4.69, 9.17) is 39.5 Å². The van der Waals surface area contributed by atoms with Crippen LogP contribution in [-0.4, -0.2) is 21.6 Å². The Kier molecular flexibility index (Phi) is 8.62. The Balaban J connectivity index is 0.000000238. The molecule has 1 unspecified atom stereocenters. The van der Waals surface area contributed by atoms with Crippen LogP contribution < -0.4 is 4.74 Å². The molecule has 0 bridgehead atoms. The van der Waals surface area contributed by atoms with Gasteiger partial charge in [0.1, 0.15) is 10.9 Å². The third kappa shape index (κ3) is 6.99. The standard InChI is InChI=1S/C10H11ClO2.C6H3Cl2NO/c1-2-9(10(11)12)13-8-6-4-3-5-7-8;7-5-4(6(8)10)2-1-3-9-5/h3-7,9H,2H2,1H3;1-3H. The first kappa shape index (κ1) is 19.4. The summed E-state index contributed by atoms with van der Waals surface area (Å²) in [5, 5.41) is -0.896. The van der Waals surface area contributed by atoms with Gasteiger partial charge >= 0.3 is 0 Å². The lowest BCUT2D eigenvalue weighted by atomic mass is 10.3. The third-order valence-corrected chi connectivity index (χ3v) is 3.36. The highest BCUT2D eigenvalue weighted by Crippen LogP contribution is 2.14. The summed E-state index contributed by atoms with van der Waals surface area (Å²) in [4.78, 5) is 25.0. The molecule has 23 heavy (non-hydrogen) atoms. The highest BCUT2D eigenvalue weighted by molar-refractivity contribution is 6.68. The van der Waals surface area contributed by atoms with Gasteiger partial charge in [0.25, 0.3) is 10.5 Å². The predicted octanol–water partition coefficient (Wildman–Crippen LogP) is 4.72. The maximum atomic E-state index is 10.8. The Hall–Kier alpha value is -1.62. The number of nitrogens with zero attached hydrogens (tertiary/aromatic N) is 1. The summed E-state index contributed by atoms with van der Waals surface area (Å²) in [5.41, 5.74) is 0.242. The lowest BCUT2D eigenvalue weighted by Gasteiger charge is -2.12. The van der Waals surface area contributed by atoms with Crippen LogP contribution in [0.2, 0.25) is 5.15 Å². The molecule has 7 heteroatoms. The Morgan fingerprint density at radius 2 is 1.78 bits per heavy atom. The number of benzene rings is 1. The molecule has 1 aromatic carbocycles. The Labute approximate surface area is 149 Å². The molecule has 1 aromatic heterocycles. The summed E-state index contributed by atoms with van der Waals surface area (Å²) in [7, 11) is 0. The van der Waals surface area contributed by atoms with Crippen LogP contribution in [0.5, 0.6) is 5.75 Å². The number of carbonyl (C=O) groups excluding carboxylic acids is 2. The fraction of sp³-hybridized carbons (Fsp3) is 0.188. The Morgan fingerprint density at radius 3 is 2.22 bits per heavy atom. The topological polar surface area (TPSA) is 56.3 Å². The van der Waals surface area contributed by atoms with Gasteiger partial charge in [0.05, 0.1) is 5.56 Å². The first-order valence-electron chi connectivity index (χ1n) is 6.67. The van der Waals surface area contributed by atoms with Crippen molar-refractivity contribution in [2.75, 3.05) is 0 Å². The van der Waals surface area contributed by atoms with Crippen molar-refractivity contribution in [2.45, 2.75) is 19.4 Å². The number of hydrogen-bond acceptors (Lipinski definition) is 4. The van der Waals surface area contributed by atoms with Gasteiger partial charge < -0.3 is 4.74 Å². The first-order chi connectivity index (χ1) is 11.0. The maximum Gasteiger partial charge on any atom is 0.262 e. The van der Waals surface area contributed by atoms with E-state index in [9.17, 15) is 9.59 Å². The van der Waals surface area contributed by atoms with Crippen LogP contribution in [-0.2, 0) is 4.79 Å². The van der Waals surface area contributed by atoms with Crippen LogP contribution in [0.25, 0.3) is 0 Å². The third-order valence-electron chi connectivity index (χ3n) is 2.62. The van der Waals surface area contributed by atoms with Crippen molar-refractivity contribution >= 4 is 45.3 Å². The number of pyridine rings is 1. The van der Waals surface area contributed by atoms with Crippen molar-refractivity contribution in [2.24, 2.45) is 0 Å². The van der Waals surface area contributed by atoms with E-state index in [-0.39, 0.29) is 10.7 Å². The van der Waals surface area contributed by atoms with E-state index in [0.717, 1.165) is 0 Å². The summed E-state index contributed by atoms with van der Waals surface area (Å²) in [6, 6.07) is 12.3. The molecule has 1 heterocycles. The van der Waals surface area contributed by atoms with Crippen molar-refractivity contribution < 1.29 is 14.3 Å². The highest BCUT2D eigenvalue weighted by Gasteiger charge is 2.14. The smallest absolute Gasteiger partial charge is 0.262 e. The summed E-state index contributed by atoms with van der Waals surface area (Å²) in [6.07, 6.45) is 1.53. The molecule has 0 saturated carbocycles. The van der Waals surface area contributed by atoms with Gasteiger partial charge in [-0.15, -0.1) is 0 Å². The molecule has 0 spiro atoms. The van der Waals surface area contributed by atoms with Crippen LogP contribution in [0, 0.1) is 0 Å². The second kappa shape index (κ2) is 10.2. The van der Waals surface area contributed by atoms with Gasteiger partial charge in [0.15, 0.2) is 6.10 Å². The number of para-hydroxylation sites is 1. The minimum Gasteiger partial charge on any atom is -0.481 e. The van der Waals surface area contributed by atoms with Crippen molar-refractivity contribution in [1.29, 1.82) is 0 Å². The van der Waals surface area contributed by atoms with Gasteiger partial charge in [-0.25, -0.2) is 4.98 Å². The zero-order chi connectivity index (χ0) is 17.2. The normalized spacial score (nSPS) is 11.0. The molecule has 0 aliphatic rings. The zero-order valence-corrected chi connectivity index (χ0v) is 14.5. The molecule has 0 radical (unpaired) electrons. The maximum absolute atomic E-state index is 10.8. The first-order valence-corrected chi connectivity index (χ1v) is 7.80. The van der Waals surface area contributed by atoms with Gasteiger partial charge in [-0.1, -0.05) is 36.7 Å². The monoisotopic (exact) mass is 373 g/mol. The van der Waals surface area contributed by atoms with Gasteiger partial charge in [-0.2, -0.15) is 0 Å². The summed E-state index contributed by atoms with van der Waals surface area (Å²) in [5.74, 6) is 0.670. The molecule has 122 valence electrons. The molecular weight excluding hydrogens is 361 g/mol. The fourth-order valence-corrected chi connectivity index (χ4v) is 2.09. The number of hydrogen-bond donors (Lipinski definition) is 0. The molecule has 0 aliphatic heterocycles. The minimum atomic E-state index is -0.585. The Bertz CT molecular complexity index is 650. The second-order valence-corrected chi connectivity index (χ2v) is 5.32. The van der Waals surface area contributed by atoms with Crippen molar-refractivity contribution in [3.63, 3.8) is 0 Å². The largest absolute Gasteiger partial charge is 0.481 e. The predicted molar refractivity (Wildman–Crippen MR) is 91.4 cm³/mol. The van der Waals surface area contributed by atoms with Crippen LogP contribution in [0.15, 0.2) is 48.7 Å². The molecule has 2 aromatic rings. The van der Waals surface area contributed by atoms with Gasteiger partial charge in [-0.3, -0.25) is 9.59 Å². The minimum absolute atomic E-state index is 0.141. The average molecular weight is 375 g/mol. The van der Waals surface area contributed by atoms with E-state index in [2.05, 4.69) is 4.98 Å². The van der Waals surface area contributed by atoms with Gasteiger partial charge in [0, 0.05) is 6.20 Å². The van der Waals surface area contributed by atoms with Crippen molar-refractivity contribution in [3.05, 3.63) is 59.4 Å². The average Bonchev–Trinajstić information content (AvgIpc) is 2.54. The molecule has 1 atom stereocenters. The highest BCUT2D eigenvalue weighted by atomic mass is 35.5. The molecule has 0 aliphatic carbocycles. The molecule has 4 nitrogen and oxygen atoms in total. The van der Waals surface area contributed by atoms with E-state index in [1.807, 2.05) is 25.1 Å². The molecular formula is C16H14Cl3NO3. The lowest BCUT2D eigenvalue weighted by molar-refractivity contribution is -0.117. The van der Waals surface area contributed by atoms with Crippen molar-refractivity contribution in [3.8, 4) is 5.75 Å². The van der Waals surface area contributed by atoms with E-state index >= 15 is 0 Å². The number of rotatable bonds is 5. The van der Waals surface area contributed by atoms with E-state index in [1.54, 1.807) is 18.2 Å². The second-order valence-electron chi connectivity index (χ2n) is 4.25. The zero-order valence-electron chi connectivity index (χ0n) is 12.2. The molecule has 0 fully saturated rings. The van der Waals surface area contributed by atoms with Gasteiger partial charge in [-0.05, 0) is 53.9 Å². The Morgan fingerprint density at radius 1 is 1.13 bits per heavy atom. The molecule has 0 amide bonds. The summed E-state index contributed by atoms with van der Waals surface area (Å²) in [6.45, 7) is 1.86. The number of ether oxygens (including phenoxy) is 1. The molecule has 2 rings (SSSR count). The van der Waals surface area contributed by atoms with E-state index < -0.39 is 16.6 Å². The quantitative estimate of drug-likeness (QED) is 0.561. The van der Waals surface area contributed by atoms with Crippen LogP contribution in [0.3, 0.4) is 0 Å². The van der Waals surface area contributed by atoms with Crippen molar-refractivity contribution in [1.82, 2.24) is 4.98 Å². The molecule has 0 N–H and O–H groups in total. The van der Waals surface area contributed by atoms with Crippen LogP contribution in [0.4, 0.5) is 0 Å². The van der Waals surface area contributed by atoms with Crippen LogP contribution in [0.1, 0.15) is 23.7 Å². The fourth-order valence-electron chi connectivity index (χ4n) is 1.49. The number of carbonyl (C=O) groups is 2. The summed E-state index contributed by atoms with van der Waals surface area (Å²) >= 11 is 16.0. The number of aromatic nitrogens is 1. The van der Waals surface area contributed by atoms with Crippen LogP contribution >= 0.6 is 34.8 Å². The van der Waals surface area contributed by atoms with Gasteiger partial charge in [0.2, 0.25) is 0 Å². The van der Waals surface area contributed by atoms with E-state index in [1.165, 1.54) is 12.3 Å². The lowest BCUT2D eigenvalue weighted by Crippen LogP contribution is -2.22. The number of halogens is 3.